The molecule has 0 radical (unpaired) electrons. The Hall–Kier alpha value is -0.950. The summed E-state index contributed by atoms with van der Waals surface area (Å²) in [6.45, 7) is 4.30. The molecule has 1 saturated heterocycles. The fraction of sp³-hybridized carbons (Fsp3) is 0.533. The smallest absolute Gasteiger partial charge is 0.337 e. The Balaban J connectivity index is 2.07. The molecule has 116 valence electrons. The van der Waals surface area contributed by atoms with Gasteiger partial charge in [-0.25, -0.2) is 4.79 Å². The highest BCUT2D eigenvalue weighted by atomic mass is 79.9. The monoisotopic (exact) mass is 357 g/mol. The van der Waals surface area contributed by atoms with Gasteiger partial charge in [0.05, 0.1) is 31.5 Å². The lowest BCUT2D eigenvalue weighted by atomic mass is 10.1. The van der Waals surface area contributed by atoms with Crippen LogP contribution in [0.5, 0.6) is 0 Å². The molecule has 0 saturated carbocycles. The van der Waals surface area contributed by atoms with Crippen LogP contribution < -0.4 is 0 Å². The number of carbonyl (C=O) groups is 1. The highest BCUT2D eigenvalue weighted by Crippen LogP contribution is 2.22. The van der Waals surface area contributed by atoms with Crippen LogP contribution in [0.4, 0.5) is 0 Å². The van der Waals surface area contributed by atoms with E-state index in [1.54, 1.807) is 12.1 Å². The van der Waals surface area contributed by atoms with Crippen LogP contribution in [0.3, 0.4) is 0 Å². The van der Waals surface area contributed by atoms with E-state index in [1.807, 2.05) is 13.0 Å². The van der Waals surface area contributed by atoms with Crippen LogP contribution in [-0.2, 0) is 16.0 Å². The minimum Gasteiger partial charge on any atom is -0.465 e. The van der Waals surface area contributed by atoms with Crippen molar-refractivity contribution in [3.63, 3.8) is 0 Å². The number of halogens is 1. The van der Waals surface area contributed by atoms with E-state index in [0.29, 0.717) is 12.1 Å². The number of ether oxygens (including phenoxy) is 2. The number of morpholine rings is 1. The highest BCUT2D eigenvalue weighted by molar-refractivity contribution is 9.10. The van der Waals surface area contributed by atoms with Crippen molar-refractivity contribution in [2.75, 3.05) is 26.8 Å². The van der Waals surface area contributed by atoms with Gasteiger partial charge in [0, 0.05) is 24.1 Å². The van der Waals surface area contributed by atoms with Crippen molar-refractivity contribution in [2.45, 2.75) is 25.7 Å². The molecular weight excluding hydrogens is 338 g/mol. The molecule has 6 heteroatoms. The van der Waals surface area contributed by atoms with Crippen molar-refractivity contribution in [1.82, 2.24) is 4.90 Å². The Labute approximate surface area is 133 Å². The van der Waals surface area contributed by atoms with Crippen molar-refractivity contribution in [2.24, 2.45) is 0 Å². The number of rotatable bonds is 4. The van der Waals surface area contributed by atoms with Crippen LogP contribution in [-0.4, -0.2) is 55.0 Å². The lowest BCUT2D eigenvalue weighted by molar-refractivity contribution is -0.0973. The zero-order valence-corrected chi connectivity index (χ0v) is 13.8. The third-order valence-electron chi connectivity index (χ3n) is 3.47. The normalized spacial score (nSPS) is 23.0. The number of benzene rings is 1. The van der Waals surface area contributed by atoms with Gasteiger partial charge in [0.15, 0.2) is 0 Å². The average molecular weight is 358 g/mol. The van der Waals surface area contributed by atoms with E-state index in [1.165, 1.54) is 7.11 Å². The molecule has 0 aromatic heterocycles. The van der Waals surface area contributed by atoms with Gasteiger partial charge in [-0.15, -0.1) is 0 Å². The zero-order valence-electron chi connectivity index (χ0n) is 12.2. The summed E-state index contributed by atoms with van der Waals surface area (Å²) >= 11 is 3.50. The van der Waals surface area contributed by atoms with Crippen LogP contribution in [0, 0.1) is 0 Å². The van der Waals surface area contributed by atoms with Gasteiger partial charge in [-0.2, -0.15) is 0 Å². The summed E-state index contributed by atoms with van der Waals surface area (Å²) in [7, 11) is 1.37. The minimum absolute atomic E-state index is 0.0310. The van der Waals surface area contributed by atoms with Gasteiger partial charge in [0.1, 0.15) is 0 Å². The molecule has 1 N–H and O–H groups in total. The molecule has 1 heterocycles. The molecular formula is C15H20BrNO4. The van der Waals surface area contributed by atoms with Crippen molar-refractivity contribution >= 4 is 21.9 Å². The molecule has 1 aromatic rings. The summed E-state index contributed by atoms with van der Waals surface area (Å²) in [6.07, 6.45) is -0.0362. The number of carbonyl (C=O) groups excluding carboxylic acids is 1. The van der Waals surface area contributed by atoms with Gasteiger partial charge in [-0.05, 0) is 24.6 Å². The first kappa shape index (κ1) is 16.4. The van der Waals surface area contributed by atoms with Crippen LogP contribution in [0.1, 0.15) is 22.8 Å². The minimum atomic E-state index is -0.345. The van der Waals surface area contributed by atoms with E-state index in [2.05, 4.69) is 20.8 Å². The molecule has 5 nitrogen and oxygen atoms in total. The van der Waals surface area contributed by atoms with E-state index in [4.69, 9.17) is 9.47 Å². The van der Waals surface area contributed by atoms with Gasteiger partial charge < -0.3 is 14.6 Å². The Morgan fingerprint density at radius 2 is 2.29 bits per heavy atom. The van der Waals surface area contributed by atoms with Crippen LogP contribution in [0.15, 0.2) is 22.7 Å². The van der Waals surface area contributed by atoms with Gasteiger partial charge in [0.25, 0.3) is 0 Å². The number of hydrogen-bond donors (Lipinski definition) is 1. The standard InChI is InChI=1S/C15H20BrNO4/c1-10-6-17(8-13(9-18)21-10)7-12-4-3-11(5-14(12)16)15(19)20-2/h3-5,10,13,18H,6-9H2,1-2H3. The molecule has 0 bridgehead atoms. The molecule has 1 aromatic carbocycles. The fourth-order valence-corrected chi connectivity index (χ4v) is 3.04. The number of esters is 1. The molecule has 2 atom stereocenters. The molecule has 1 aliphatic heterocycles. The molecule has 0 aliphatic carbocycles. The quantitative estimate of drug-likeness (QED) is 0.832. The Morgan fingerprint density at radius 1 is 1.52 bits per heavy atom. The lowest BCUT2D eigenvalue weighted by Gasteiger charge is -2.36. The highest BCUT2D eigenvalue weighted by Gasteiger charge is 2.25. The number of methoxy groups -OCH3 is 1. The van der Waals surface area contributed by atoms with Gasteiger partial charge in [0.2, 0.25) is 0 Å². The zero-order chi connectivity index (χ0) is 15.4. The summed E-state index contributed by atoms with van der Waals surface area (Å²) < 4.78 is 11.2. The second-order valence-corrected chi connectivity index (χ2v) is 6.10. The summed E-state index contributed by atoms with van der Waals surface area (Å²) in [4.78, 5) is 13.7. The van der Waals surface area contributed by atoms with Gasteiger partial charge in [-0.3, -0.25) is 4.90 Å². The number of aliphatic hydroxyl groups excluding tert-OH is 1. The molecule has 0 spiro atoms. The number of aliphatic hydroxyl groups is 1. The van der Waals surface area contributed by atoms with Crippen molar-refractivity contribution < 1.29 is 19.4 Å². The third-order valence-corrected chi connectivity index (χ3v) is 4.21. The maximum absolute atomic E-state index is 11.5. The van der Waals surface area contributed by atoms with E-state index >= 15 is 0 Å². The molecule has 2 unspecified atom stereocenters. The van der Waals surface area contributed by atoms with Crippen LogP contribution in [0.25, 0.3) is 0 Å². The Morgan fingerprint density at radius 3 is 2.90 bits per heavy atom. The third kappa shape index (κ3) is 4.26. The van der Waals surface area contributed by atoms with Crippen molar-refractivity contribution in [3.8, 4) is 0 Å². The number of hydrogen-bond acceptors (Lipinski definition) is 5. The van der Waals surface area contributed by atoms with Crippen molar-refractivity contribution in [1.29, 1.82) is 0 Å². The SMILES string of the molecule is COC(=O)c1ccc(CN2CC(C)OC(CO)C2)c(Br)c1. The number of nitrogens with zero attached hydrogens (tertiary/aromatic N) is 1. The molecule has 1 fully saturated rings. The first-order valence-electron chi connectivity index (χ1n) is 6.89. The second-order valence-electron chi connectivity index (χ2n) is 5.24. The maximum atomic E-state index is 11.5. The fourth-order valence-electron chi connectivity index (χ4n) is 2.53. The van der Waals surface area contributed by atoms with Crippen LogP contribution in [0.2, 0.25) is 0 Å². The predicted octanol–water partition coefficient (Wildman–Crippen LogP) is 1.82. The van der Waals surface area contributed by atoms with E-state index in [0.717, 1.165) is 23.1 Å². The largest absolute Gasteiger partial charge is 0.465 e. The summed E-state index contributed by atoms with van der Waals surface area (Å²) in [5, 5.41) is 9.26. The first-order valence-corrected chi connectivity index (χ1v) is 7.68. The van der Waals surface area contributed by atoms with E-state index in [-0.39, 0.29) is 24.8 Å². The predicted molar refractivity (Wildman–Crippen MR) is 82.2 cm³/mol. The maximum Gasteiger partial charge on any atom is 0.337 e. The van der Waals surface area contributed by atoms with Gasteiger partial charge >= 0.3 is 5.97 Å². The first-order chi connectivity index (χ1) is 10.0. The van der Waals surface area contributed by atoms with Crippen molar-refractivity contribution in [3.05, 3.63) is 33.8 Å². The summed E-state index contributed by atoms with van der Waals surface area (Å²) in [5.74, 6) is -0.345. The summed E-state index contributed by atoms with van der Waals surface area (Å²) in [6, 6.07) is 5.46. The van der Waals surface area contributed by atoms with E-state index in [9.17, 15) is 9.90 Å². The lowest BCUT2D eigenvalue weighted by Crippen LogP contribution is -2.47. The Kier molecular flexibility index (Phi) is 5.75. The topological polar surface area (TPSA) is 59.0 Å². The molecule has 1 aliphatic rings. The van der Waals surface area contributed by atoms with Gasteiger partial charge in [-0.1, -0.05) is 22.0 Å². The average Bonchev–Trinajstić information content (AvgIpc) is 2.47. The summed E-state index contributed by atoms with van der Waals surface area (Å²) in [5.41, 5.74) is 1.62. The Bertz CT molecular complexity index is 508. The molecule has 21 heavy (non-hydrogen) atoms. The molecule has 2 rings (SSSR count). The van der Waals surface area contributed by atoms with Crippen LogP contribution >= 0.6 is 15.9 Å². The molecule has 0 amide bonds. The second kappa shape index (κ2) is 7.35. The van der Waals surface area contributed by atoms with E-state index < -0.39 is 0 Å².